The van der Waals surface area contributed by atoms with Crippen molar-refractivity contribution >= 4 is 33.0 Å². The molecule has 0 unspecified atom stereocenters. The Labute approximate surface area is 170 Å². The molecule has 0 saturated carbocycles. The SMILES string of the molecule is CC[C@H](C(=O)Nc1c(C)cccc1C)N(c1cc([N+](=O)[O-])ccc1C)S(C)(=O)=O. The molecule has 0 radical (unpaired) electrons. The molecule has 2 aromatic carbocycles. The van der Waals surface area contributed by atoms with E-state index in [4.69, 9.17) is 0 Å². The number of para-hydroxylation sites is 1. The minimum absolute atomic E-state index is 0.116. The van der Waals surface area contributed by atoms with Gasteiger partial charge in [-0.15, -0.1) is 0 Å². The monoisotopic (exact) mass is 419 g/mol. The van der Waals surface area contributed by atoms with E-state index in [1.807, 2.05) is 32.0 Å². The third-order valence-corrected chi connectivity index (χ3v) is 5.87. The van der Waals surface area contributed by atoms with Crippen LogP contribution in [0.15, 0.2) is 36.4 Å². The number of carbonyl (C=O) groups excluding carboxylic acids is 1. The zero-order valence-electron chi connectivity index (χ0n) is 17.1. The molecule has 8 nitrogen and oxygen atoms in total. The second kappa shape index (κ2) is 8.60. The van der Waals surface area contributed by atoms with Crippen LogP contribution in [0.4, 0.5) is 17.1 Å². The molecule has 29 heavy (non-hydrogen) atoms. The third kappa shape index (κ3) is 4.92. The number of benzene rings is 2. The molecule has 0 saturated heterocycles. The van der Waals surface area contributed by atoms with Crippen LogP contribution in [0, 0.1) is 30.9 Å². The number of carbonyl (C=O) groups is 1. The molecule has 0 heterocycles. The van der Waals surface area contributed by atoms with E-state index in [1.54, 1.807) is 13.8 Å². The minimum atomic E-state index is -3.90. The zero-order chi connectivity index (χ0) is 21.9. The van der Waals surface area contributed by atoms with Crippen LogP contribution in [0.3, 0.4) is 0 Å². The summed E-state index contributed by atoms with van der Waals surface area (Å²) in [4.78, 5) is 23.7. The maximum atomic E-state index is 13.1. The second-order valence-electron chi connectivity index (χ2n) is 6.97. The molecule has 1 N–H and O–H groups in total. The summed E-state index contributed by atoms with van der Waals surface area (Å²) in [5.41, 5.74) is 2.71. The van der Waals surface area contributed by atoms with Crippen molar-refractivity contribution in [1.29, 1.82) is 0 Å². The Kier molecular flexibility index (Phi) is 6.63. The van der Waals surface area contributed by atoms with Gasteiger partial charge < -0.3 is 5.32 Å². The summed E-state index contributed by atoms with van der Waals surface area (Å²) in [7, 11) is -3.90. The maximum Gasteiger partial charge on any atom is 0.271 e. The number of hydrogen-bond acceptors (Lipinski definition) is 5. The Bertz CT molecular complexity index is 1030. The summed E-state index contributed by atoms with van der Waals surface area (Å²) < 4.78 is 26.2. The first-order valence-electron chi connectivity index (χ1n) is 9.08. The van der Waals surface area contributed by atoms with Gasteiger partial charge in [-0.3, -0.25) is 19.2 Å². The first-order valence-corrected chi connectivity index (χ1v) is 10.9. The Morgan fingerprint density at radius 3 is 2.21 bits per heavy atom. The van der Waals surface area contributed by atoms with Crippen LogP contribution in [0.2, 0.25) is 0 Å². The van der Waals surface area contributed by atoms with Gasteiger partial charge in [-0.1, -0.05) is 31.2 Å². The van der Waals surface area contributed by atoms with Gasteiger partial charge in [0.15, 0.2) is 0 Å². The number of non-ortho nitro benzene ring substituents is 1. The predicted molar refractivity (Wildman–Crippen MR) is 114 cm³/mol. The number of nitro groups is 1. The molecule has 1 atom stereocenters. The van der Waals surface area contributed by atoms with Crippen molar-refractivity contribution in [3.05, 3.63) is 63.2 Å². The van der Waals surface area contributed by atoms with E-state index in [0.717, 1.165) is 21.7 Å². The number of anilines is 2. The summed E-state index contributed by atoms with van der Waals surface area (Å²) >= 11 is 0. The van der Waals surface area contributed by atoms with Crippen LogP contribution in [-0.4, -0.2) is 31.5 Å². The van der Waals surface area contributed by atoms with E-state index < -0.39 is 26.9 Å². The Morgan fingerprint density at radius 1 is 1.14 bits per heavy atom. The summed E-state index contributed by atoms with van der Waals surface area (Å²) in [5, 5.41) is 14.0. The summed E-state index contributed by atoms with van der Waals surface area (Å²) in [6.07, 6.45) is 1.17. The quantitative estimate of drug-likeness (QED) is 0.543. The van der Waals surface area contributed by atoms with Gasteiger partial charge in [0.2, 0.25) is 15.9 Å². The van der Waals surface area contributed by atoms with E-state index >= 15 is 0 Å². The lowest BCUT2D eigenvalue weighted by atomic mass is 10.1. The van der Waals surface area contributed by atoms with Gasteiger partial charge in [0, 0.05) is 17.8 Å². The average Bonchev–Trinajstić information content (AvgIpc) is 2.62. The number of rotatable bonds is 7. The molecule has 0 fully saturated rings. The standard InChI is InChI=1S/C20H25N3O5S/c1-6-17(20(24)21-19-14(3)8-7-9-15(19)4)22(29(5,27)28)18-12-16(23(25)26)11-10-13(18)2/h7-12,17H,6H2,1-5H3,(H,21,24)/t17-/m1/s1. The molecule has 2 rings (SSSR count). The van der Waals surface area contributed by atoms with Gasteiger partial charge in [-0.2, -0.15) is 0 Å². The van der Waals surface area contributed by atoms with Crippen molar-refractivity contribution in [3.63, 3.8) is 0 Å². The van der Waals surface area contributed by atoms with Gasteiger partial charge in [-0.05, 0) is 43.9 Å². The van der Waals surface area contributed by atoms with Crippen LogP contribution in [0.25, 0.3) is 0 Å². The van der Waals surface area contributed by atoms with E-state index in [1.165, 1.54) is 18.2 Å². The van der Waals surface area contributed by atoms with Crippen LogP contribution >= 0.6 is 0 Å². The largest absolute Gasteiger partial charge is 0.324 e. The lowest BCUT2D eigenvalue weighted by Crippen LogP contribution is -2.47. The maximum absolute atomic E-state index is 13.1. The summed E-state index contributed by atoms with van der Waals surface area (Å²) in [6.45, 7) is 7.04. The number of nitrogens with zero attached hydrogens (tertiary/aromatic N) is 2. The molecular weight excluding hydrogens is 394 g/mol. The van der Waals surface area contributed by atoms with E-state index in [0.29, 0.717) is 11.3 Å². The van der Waals surface area contributed by atoms with Crippen LogP contribution < -0.4 is 9.62 Å². The lowest BCUT2D eigenvalue weighted by Gasteiger charge is -2.31. The van der Waals surface area contributed by atoms with Crippen LogP contribution in [0.5, 0.6) is 0 Å². The number of aryl methyl sites for hydroxylation is 3. The molecule has 0 aliphatic heterocycles. The normalized spacial score (nSPS) is 12.3. The molecular formula is C20H25N3O5S. The first-order chi connectivity index (χ1) is 13.5. The molecule has 9 heteroatoms. The fraction of sp³-hybridized carbons (Fsp3) is 0.350. The van der Waals surface area contributed by atoms with Crippen molar-refractivity contribution < 1.29 is 18.1 Å². The fourth-order valence-electron chi connectivity index (χ4n) is 3.20. The van der Waals surface area contributed by atoms with Gasteiger partial charge in [0.05, 0.1) is 16.9 Å². The molecule has 2 aromatic rings. The van der Waals surface area contributed by atoms with Crippen molar-refractivity contribution in [2.24, 2.45) is 0 Å². The summed E-state index contributed by atoms with van der Waals surface area (Å²) in [6, 6.07) is 8.46. The molecule has 0 aliphatic carbocycles. The number of sulfonamides is 1. The van der Waals surface area contributed by atoms with Gasteiger partial charge in [0.25, 0.3) is 5.69 Å². The molecule has 1 amide bonds. The highest BCUT2D eigenvalue weighted by molar-refractivity contribution is 7.92. The number of nitro benzene ring substituents is 1. The molecule has 0 aromatic heterocycles. The highest BCUT2D eigenvalue weighted by Crippen LogP contribution is 2.31. The molecule has 0 aliphatic rings. The minimum Gasteiger partial charge on any atom is -0.324 e. The van der Waals surface area contributed by atoms with Crippen molar-refractivity contribution in [2.75, 3.05) is 15.9 Å². The van der Waals surface area contributed by atoms with Gasteiger partial charge in [0.1, 0.15) is 6.04 Å². The van der Waals surface area contributed by atoms with E-state index in [-0.39, 0.29) is 17.8 Å². The molecule has 0 bridgehead atoms. The average molecular weight is 420 g/mol. The Balaban J connectivity index is 2.55. The van der Waals surface area contributed by atoms with Gasteiger partial charge in [-0.25, -0.2) is 8.42 Å². The number of hydrogen-bond donors (Lipinski definition) is 1. The Morgan fingerprint density at radius 2 is 1.72 bits per heavy atom. The highest BCUT2D eigenvalue weighted by Gasteiger charge is 2.33. The molecule has 156 valence electrons. The van der Waals surface area contributed by atoms with Crippen molar-refractivity contribution in [2.45, 2.75) is 40.2 Å². The van der Waals surface area contributed by atoms with Crippen molar-refractivity contribution in [1.82, 2.24) is 0 Å². The highest BCUT2D eigenvalue weighted by atomic mass is 32.2. The lowest BCUT2D eigenvalue weighted by molar-refractivity contribution is -0.384. The smallest absolute Gasteiger partial charge is 0.271 e. The summed E-state index contributed by atoms with van der Waals surface area (Å²) in [5.74, 6) is -0.499. The second-order valence-corrected chi connectivity index (χ2v) is 8.83. The topological polar surface area (TPSA) is 110 Å². The fourth-order valence-corrected chi connectivity index (χ4v) is 4.46. The van der Waals surface area contributed by atoms with Gasteiger partial charge >= 0.3 is 0 Å². The Hall–Kier alpha value is -2.94. The van der Waals surface area contributed by atoms with Crippen LogP contribution in [0.1, 0.15) is 30.0 Å². The third-order valence-electron chi connectivity index (χ3n) is 4.70. The number of amides is 1. The van der Waals surface area contributed by atoms with E-state index in [2.05, 4.69) is 5.32 Å². The van der Waals surface area contributed by atoms with Crippen molar-refractivity contribution in [3.8, 4) is 0 Å². The number of nitrogens with one attached hydrogen (secondary N) is 1. The van der Waals surface area contributed by atoms with E-state index in [9.17, 15) is 23.3 Å². The predicted octanol–water partition coefficient (Wildman–Crippen LogP) is 3.70. The molecule has 0 spiro atoms. The zero-order valence-corrected chi connectivity index (χ0v) is 17.9. The first kappa shape index (κ1) is 22.4. The van der Waals surface area contributed by atoms with Crippen LogP contribution in [-0.2, 0) is 14.8 Å².